The van der Waals surface area contributed by atoms with Crippen LogP contribution in [-0.2, 0) is 0 Å². The average molecular weight is 371 g/mol. The Morgan fingerprint density at radius 2 is 1.71 bits per heavy atom. The molecule has 7 heteroatoms. The van der Waals surface area contributed by atoms with Gasteiger partial charge in [0.1, 0.15) is 0 Å². The molecule has 0 saturated carbocycles. The molecule has 0 fully saturated rings. The second kappa shape index (κ2) is 10.9. The largest absolute Gasteiger partial charge is 0.378 e. The summed E-state index contributed by atoms with van der Waals surface area (Å²) in [6.07, 6.45) is 3.36. The van der Waals surface area contributed by atoms with E-state index in [0.717, 1.165) is 23.4 Å². The highest BCUT2D eigenvalue weighted by Crippen LogP contribution is 2.22. The maximum atomic E-state index is 12.1. The fourth-order valence-corrected chi connectivity index (χ4v) is 2.08. The number of anilines is 1. The highest BCUT2D eigenvalue weighted by Gasteiger charge is 2.07. The lowest BCUT2D eigenvalue weighted by Gasteiger charge is -2.13. The average Bonchev–Trinajstić information content (AvgIpc) is 2.55. The first-order valence-electron chi connectivity index (χ1n) is 7.27. The summed E-state index contributed by atoms with van der Waals surface area (Å²) in [7, 11) is 5.87. The smallest absolute Gasteiger partial charge is 0.252 e. The SMILES string of the molecule is CNCCNC(=O)c1cncc(-c2ccc(N(C)C)cc2)c1.Cl.Cl. The summed E-state index contributed by atoms with van der Waals surface area (Å²) in [6, 6.07) is 10.0. The Hall–Kier alpha value is -1.82. The van der Waals surface area contributed by atoms with Gasteiger partial charge < -0.3 is 15.5 Å². The highest BCUT2D eigenvalue weighted by molar-refractivity contribution is 5.95. The molecule has 0 saturated heterocycles. The van der Waals surface area contributed by atoms with Gasteiger partial charge in [0, 0.05) is 50.8 Å². The topological polar surface area (TPSA) is 57.3 Å². The molecule has 0 radical (unpaired) electrons. The second-order valence-electron chi connectivity index (χ2n) is 5.26. The summed E-state index contributed by atoms with van der Waals surface area (Å²) in [5.41, 5.74) is 3.69. The van der Waals surface area contributed by atoms with E-state index in [4.69, 9.17) is 0 Å². The van der Waals surface area contributed by atoms with Crippen LogP contribution < -0.4 is 15.5 Å². The third-order valence-corrected chi connectivity index (χ3v) is 3.38. The fourth-order valence-electron chi connectivity index (χ4n) is 2.08. The molecule has 1 aromatic heterocycles. The molecule has 24 heavy (non-hydrogen) atoms. The molecule has 1 heterocycles. The van der Waals surface area contributed by atoms with Crippen molar-refractivity contribution in [1.82, 2.24) is 15.6 Å². The molecule has 1 amide bonds. The molecule has 1 aromatic carbocycles. The third-order valence-electron chi connectivity index (χ3n) is 3.38. The van der Waals surface area contributed by atoms with Gasteiger partial charge in [0.15, 0.2) is 0 Å². The van der Waals surface area contributed by atoms with Crippen molar-refractivity contribution < 1.29 is 4.79 Å². The normalized spacial score (nSPS) is 9.46. The lowest BCUT2D eigenvalue weighted by atomic mass is 10.1. The van der Waals surface area contributed by atoms with Crippen molar-refractivity contribution in [3.05, 3.63) is 48.3 Å². The van der Waals surface area contributed by atoms with Crippen LogP contribution in [0.3, 0.4) is 0 Å². The van der Waals surface area contributed by atoms with Crippen molar-refractivity contribution in [2.75, 3.05) is 39.1 Å². The van der Waals surface area contributed by atoms with E-state index in [0.29, 0.717) is 12.1 Å². The van der Waals surface area contributed by atoms with Crippen molar-refractivity contribution in [2.24, 2.45) is 0 Å². The van der Waals surface area contributed by atoms with Gasteiger partial charge in [-0.2, -0.15) is 0 Å². The molecule has 0 aliphatic heterocycles. The zero-order valence-electron chi connectivity index (χ0n) is 14.1. The first-order valence-corrected chi connectivity index (χ1v) is 7.27. The van der Waals surface area contributed by atoms with Crippen LogP contribution in [0.5, 0.6) is 0 Å². The maximum absolute atomic E-state index is 12.1. The van der Waals surface area contributed by atoms with E-state index in [2.05, 4.69) is 27.8 Å². The predicted octanol–water partition coefficient (Wildman–Crippen LogP) is 2.61. The first kappa shape index (κ1) is 22.2. The van der Waals surface area contributed by atoms with Gasteiger partial charge in [0.05, 0.1) is 5.56 Å². The van der Waals surface area contributed by atoms with Gasteiger partial charge in [-0.3, -0.25) is 9.78 Å². The van der Waals surface area contributed by atoms with Crippen LogP contribution in [-0.4, -0.2) is 45.1 Å². The third kappa shape index (κ3) is 6.00. The van der Waals surface area contributed by atoms with Gasteiger partial charge in [-0.25, -0.2) is 0 Å². The monoisotopic (exact) mass is 370 g/mol. The summed E-state index contributed by atoms with van der Waals surface area (Å²) >= 11 is 0. The number of rotatable bonds is 6. The number of aromatic nitrogens is 1. The van der Waals surface area contributed by atoms with Gasteiger partial charge in [-0.15, -0.1) is 24.8 Å². The van der Waals surface area contributed by atoms with E-state index in [1.165, 1.54) is 0 Å². The molecule has 0 aliphatic rings. The summed E-state index contributed by atoms with van der Waals surface area (Å²) in [5.74, 6) is -0.102. The fraction of sp³-hybridized carbons (Fsp3) is 0.294. The van der Waals surface area contributed by atoms with Crippen LogP contribution in [0.4, 0.5) is 5.69 Å². The lowest BCUT2D eigenvalue weighted by Crippen LogP contribution is -2.30. The number of amides is 1. The number of benzene rings is 1. The quantitative estimate of drug-likeness (QED) is 0.767. The summed E-state index contributed by atoms with van der Waals surface area (Å²) in [5, 5.41) is 5.85. The molecule has 2 aromatic rings. The zero-order chi connectivity index (χ0) is 15.9. The van der Waals surface area contributed by atoms with Crippen LogP contribution in [0.25, 0.3) is 11.1 Å². The maximum Gasteiger partial charge on any atom is 0.252 e. The second-order valence-corrected chi connectivity index (χ2v) is 5.26. The van der Waals surface area contributed by atoms with Crippen LogP contribution in [0.15, 0.2) is 42.7 Å². The number of pyridine rings is 1. The molecule has 132 valence electrons. The molecule has 0 aliphatic carbocycles. The van der Waals surface area contributed by atoms with Crippen molar-refractivity contribution >= 4 is 36.4 Å². The molecular formula is C17H24Cl2N4O. The highest BCUT2D eigenvalue weighted by atomic mass is 35.5. The molecular weight excluding hydrogens is 347 g/mol. The van der Waals surface area contributed by atoms with Crippen LogP contribution >= 0.6 is 24.8 Å². The van der Waals surface area contributed by atoms with Crippen molar-refractivity contribution in [1.29, 1.82) is 0 Å². The molecule has 2 N–H and O–H groups in total. The molecule has 0 unspecified atom stereocenters. The van der Waals surface area contributed by atoms with Crippen molar-refractivity contribution in [3.8, 4) is 11.1 Å². The minimum Gasteiger partial charge on any atom is -0.378 e. The summed E-state index contributed by atoms with van der Waals surface area (Å²) < 4.78 is 0. The molecule has 0 bridgehead atoms. The summed E-state index contributed by atoms with van der Waals surface area (Å²) in [4.78, 5) is 18.3. The molecule has 2 rings (SSSR count). The zero-order valence-corrected chi connectivity index (χ0v) is 15.7. The number of nitrogens with one attached hydrogen (secondary N) is 2. The Morgan fingerprint density at radius 3 is 2.29 bits per heavy atom. The number of hydrogen-bond donors (Lipinski definition) is 2. The Kier molecular flexibility index (Phi) is 10.0. The van der Waals surface area contributed by atoms with E-state index < -0.39 is 0 Å². The Bertz CT molecular complexity index is 633. The predicted molar refractivity (Wildman–Crippen MR) is 105 cm³/mol. The van der Waals surface area contributed by atoms with E-state index >= 15 is 0 Å². The van der Waals surface area contributed by atoms with Crippen molar-refractivity contribution in [3.63, 3.8) is 0 Å². The molecule has 5 nitrogen and oxygen atoms in total. The van der Waals surface area contributed by atoms with Gasteiger partial charge in [0.25, 0.3) is 5.91 Å². The Labute approximate surface area is 155 Å². The van der Waals surface area contributed by atoms with Crippen LogP contribution in [0.1, 0.15) is 10.4 Å². The number of halogens is 2. The van der Waals surface area contributed by atoms with Crippen molar-refractivity contribution in [2.45, 2.75) is 0 Å². The van der Waals surface area contributed by atoms with Crippen LogP contribution in [0, 0.1) is 0 Å². The lowest BCUT2D eigenvalue weighted by molar-refractivity contribution is 0.0954. The van der Waals surface area contributed by atoms with Crippen LogP contribution in [0.2, 0.25) is 0 Å². The van der Waals surface area contributed by atoms with Gasteiger partial charge in [0.2, 0.25) is 0 Å². The number of carbonyl (C=O) groups excluding carboxylic acids is 1. The van der Waals surface area contributed by atoms with Gasteiger partial charge in [-0.1, -0.05) is 12.1 Å². The summed E-state index contributed by atoms with van der Waals surface area (Å²) in [6.45, 7) is 1.34. The molecule has 0 atom stereocenters. The molecule has 0 spiro atoms. The number of likely N-dealkylation sites (N-methyl/N-ethyl adjacent to an activating group) is 1. The Morgan fingerprint density at radius 1 is 1.04 bits per heavy atom. The minimum absolute atomic E-state index is 0. The van der Waals surface area contributed by atoms with Gasteiger partial charge in [-0.05, 0) is 30.8 Å². The standard InChI is InChI=1S/C17H22N4O.2ClH/c1-18-8-9-20-17(22)15-10-14(11-19-12-15)13-4-6-16(7-5-13)21(2)3;;/h4-7,10-12,18H,8-9H2,1-3H3,(H,20,22);2*1H. The van der Waals surface area contributed by atoms with E-state index in [1.807, 2.05) is 44.2 Å². The van der Waals surface area contributed by atoms with E-state index in [-0.39, 0.29) is 30.7 Å². The number of hydrogen-bond acceptors (Lipinski definition) is 4. The first-order chi connectivity index (χ1) is 10.6. The minimum atomic E-state index is -0.102. The van der Waals surface area contributed by atoms with Gasteiger partial charge >= 0.3 is 0 Å². The van der Waals surface area contributed by atoms with E-state index in [1.54, 1.807) is 12.4 Å². The number of carbonyl (C=O) groups is 1. The van der Waals surface area contributed by atoms with E-state index in [9.17, 15) is 4.79 Å². The Balaban J connectivity index is 0.00000264. The number of nitrogens with zero attached hydrogens (tertiary/aromatic N) is 2.